The zero-order valence-electron chi connectivity index (χ0n) is 11.6. The number of hydrogen-bond donors (Lipinski definition) is 2. The number of anilines is 1. The van der Waals surface area contributed by atoms with Gasteiger partial charge in [-0.25, -0.2) is 0 Å². The fraction of sp³-hybridized carbons (Fsp3) is 0.571. The molecule has 0 aliphatic rings. The molecule has 0 saturated heterocycles. The summed E-state index contributed by atoms with van der Waals surface area (Å²) in [5.41, 5.74) is 2.48. The van der Waals surface area contributed by atoms with Gasteiger partial charge in [-0.1, -0.05) is 15.9 Å². The Kier molecular flexibility index (Phi) is 5.63. The van der Waals surface area contributed by atoms with E-state index in [0.717, 1.165) is 16.7 Å². The number of aliphatic hydroxyl groups is 1. The van der Waals surface area contributed by atoms with Crippen molar-refractivity contribution in [1.29, 1.82) is 0 Å². The average Bonchev–Trinajstić information content (AvgIpc) is 2.25. The van der Waals surface area contributed by atoms with Crippen LogP contribution in [0.5, 0.6) is 0 Å². The maximum Gasteiger partial charge on any atom is 0.0606 e. The Labute approximate surface area is 118 Å². The van der Waals surface area contributed by atoms with Crippen LogP contribution in [0.15, 0.2) is 22.7 Å². The van der Waals surface area contributed by atoms with Crippen molar-refractivity contribution in [3.05, 3.63) is 28.2 Å². The van der Waals surface area contributed by atoms with Crippen molar-refractivity contribution in [2.45, 2.75) is 32.9 Å². The van der Waals surface area contributed by atoms with Crippen LogP contribution in [0.25, 0.3) is 0 Å². The fourth-order valence-electron chi connectivity index (χ4n) is 1.70. The van der Waals surface area contributed by atoms with E-state index in [2.05, 4.69) is 59.1 Å². The van der Waals surface area contributed by atoms with E-state index in [-0.39, 0.29) is 12.1 Å². The molecule has 0 spiro atoms. The van der Waals surface area contributed by atoms with E-state index in [4.69, 9.17) is 5.11 Å². The van der Waals surface area contributed by atoms with E-state index >= 15 is 0 Å². The summed E-state index contributed by atoms with van der Waals surface area (Å²) in [5.74, 6) is 0. The second-order valence-corrected chi connectivity index (χ2v) is 6.44. The van der Waals surface area contributed by atoms with Crippen LogP contribution >= 0.6 is 15.9 Å². The summed E-state index contributed by atoms with van der Waals surface area (Å²) in [4.78, 5) is 2.08. The number of hydrogen-bond acceptors (Lipinski definition) is 3. The summed E-state index contributed by atoms with van der Waals surface area (Å²) in [5, 5.41) is 12.5. The van der Waals surface area contributed by atoms with Crippen molar-refractivity contribution in [3.8, 4) is 0 Å². The Morgan fingerprint density at radius 2 is 2.00 bits per heavy atom. The number of likely N-dealkylation sites (N-methyl/N-ethyl adjacent to an activating group) is 1. The number of nitrogens with zero attached hydrogens (tertiary/aromatic N) is 1. The van der Waals surface area contributed by atoms with E-state index in [0.29, 0.717) is 6.54 Å². The van der Waals surface area contributed by atoms with Crippen molar-refractivity contribution >= 4 is 21.6 Å². The Hall–Kier alpha value is -0.580. The minimum absolute atomic E-state index is 0.0924. The van der Waals surface area contributed by atoms with E-state index in [9.17, 15) is 0 Å². The zero-order chi connectivity index (χ0) is 13.8. The number of rotatable bonds is 5. The first-order chi connectivity index (χ1) is 8.33. The third kappa shape index (κ3) is 4.96. The Morgan fingerprint density at radius 1 is 1.33 bits per heavy atom. The van der Waals surface area contributed by atoms with Crippen molar-refractivity contribution in [2.75, 3.05) is 25.1 Å². The van der Waals surface area contributed by atoms with Crippen LogP contribution in [-0.4, -0.2) is 30.8 Å². The van der Waals surface area contributed by atoms with Gasteiger partial charge in [0, 0.05) is 35.8 Å². The molecule has 0 amide bonds. The average molecular weight is 315 g/mol. The van der Waals surface area contributed by atoms with Crippen molar-refractivity contribution in [3.63, 3.8) is 0 Å². The standard InChI is InChI=1S/C14H23BrN2O/c1-14(2,3)16-10-11-9-12(15)5-6-13(11)17(4)7-8-18/h5-6,9,16,18H,7-8,10H2,1-4H3. The van der Waals surface area contributed by atoms with Gasteiger partial charge in [-0.3, -0.25) is 0 Å². The predicted molar refractivity (Wildman–Crippen MR) is 81.1 cm³/mol. The van der Waals surface area contributed by atoms with Crippen LogP contribution < -0.4 is 10.2 Å². The molecule has 0 saturated carbocycles. The van der Waals surface area contributed by atoms with Gasteiger partial charge in [-0.2, -0.15) is 0 Å². The zero-order valence-corrected chi connectivity index (χ0v) is 13.2. The molecule has 1 aromatic rings. The minimum Gasteiger partial charge on any atom is -0.395 e. The lowest BCUT2D eigenvalue weighted by Gasteiger charge is -2.25. The number of benzene rings is 1. The molecule has 0 bridgehead atoms. The topological polar surface area (TPSA) is 35.5 Å². The largest absolute Gasteiger partial charge is 0.395 e. The molecular formula is C14H23BrN2O. The molecule has 4 heteroatoms. The molecule has 0 aromatic heterocycles. The first-order valence-electron chi connectivity index (χ1n) is 6.19. The van der Waals surface area contributed by atoms with Gasteiger partial charge in [0.25, 0.3) is 0 Å². The van der Waals surface area contributed by atoms with E-state index in [1.54, 1.807) is 0 Å². The molecule has 102 valence electrons. The molecule has 0 aliphatic heterocycles. The Balaban J connectivity index is 2.89. The summed E-state index contributed by atoms with van der Waals surface area (Å²) < 4.78 is 1.08. The van der Waals surface area contributed by atoms with Gasteiger partial charge in [-0.05, 0) is 44.5 Å². The number of nitrogens with one attached hydrogen (secondary N) is 1. The monoisotopic (exact) mass is 314 g/mol. The van der Waals surface area contributed by atoms with Gasteiger partial charge >= 0.3 is 0 Å². The van der Waals surface area contributed by atoms with Crippen LogP contribution in [0.4, 0.5) is 5.69 Å². The first-order valence-corrected chi connectivity index (χ1v) is 6.98. The van der Waals surface area contributed by atoms with Gasteiger partial charge in [0.1, 0.15) is 0 Å². The van der Waals surface area contributed by atoms with Crippen molar-refractivity contribution < 1.29 is 5.11 Å². The van der Waals surface area contributed by atoms with E-state index < -0.39 is 0 Å². The molecule has 0 aliphatic carbocycles. The van der Waals surface area contributed by atoms with Crippen LogP contribution in [0, 0.1) is 0 Å². The lowest BCUT2D eigenvalue weighted by molar-refractivity contribution is 0.304. The first kappa shape index (κ1) is 15.5. The molecule has 0 atom stereocenters. The number of halogens is 1. The van der Waals surface area contributed by atoms with Crippen molar-refractivity contribution in [1.82, 2.24) is 5.32 Å². The highest BCUT2D eigenvalue weighted by atomic mass is 79.9. The molecule has 3 nitrogen and oxygen atoms in total. The van der Waals surface area contributed by atoms with Crippen LogP contribution in [0.2, 0.25) is 0 Å². The summed E-state index contributed by atoms with van der Waals surface area (Å²) in [6.07, 6.45) is 0. The lowest BCUT2D eigenvalue weighted by Crippen LogP contribution is -2.35. The summed E-state index contributed by atoms with van der Waals surface area (Å²) in [6.45, 7) is 8.09. The third-order valence-electron chi connectivity index (χ3n) is 2.70. The lowest BCUT2D eigenvalue weighted by atomic mass is 10.1. The molecule has 2 N–H and O–H groups in total. The maximum atomic E-state index is 9.04. The van der Waals surface area contributed by atoms with Crippen LogP contribution in [0.1, 0.15) is 26.3 Å². The van der Waals surface area contributed by atoms with Crippen LogP contribution in [0.3, 0.4) is 0 Å². The highest BCUT2D eigenvalue weighted by Gasteiger charge is 2.12. The highest BCUT2D eigenvalue weighted by Crippen LogP contribution is 2.24. The second-order valence-electron chi connectivity index (χ2n) is 5.52. The van der Waals surface area contributed by atoms with Gasteiger partial charge in [0.05, 0.1) is 6.61 Å². The molecule has 1 rings (SSSR count). The molecule has 18 heavy (non-hydrogen) atoms. The van der Waals surface area contributed by atoms with E-state index in [1.807, 2.05) is 13.1 Å². The van der Waals surface area contributed by atoms with Gasteiger partial charge in [-0.15, -0.1) is 0 Å². The Bertz CT molecular complexity index is 388. The summed E-state index contributed by atoms with van der Waals surface area (Å²) >= 11 is 3.51. The minimum atomic E-state index is 0.0924. The fourth-order valence-corrected chi connectivity index (χ4v) is 2.11. The number of aliphatic hydroxyl groups excluding tert-OH is 1. The highest BCUT2D eigenvalue weighted by molar-refractivity contribution is 9.10. The second kappa shape index (κ2) is 6.55. The van der Waals surface area contributed by atoms with Gasteiger partial charge in [0.2, 0.25) is 0 Å². The SMILES string of the molecule is CN(CCO)c1ccc(Br)cc1CNC(C)(C)C. The molecule has 0 heterocycles. The maximum absolute atomic E-state index is 9.04. The molecule has 0 fully saturated rings. The molecular weight excluding hydrogens is 292 g/mol. The molecule has 0 unspecified atom stereocenters. The Morgan fingerprint density at radius 3 is 2.56 bits per heavy atom. The molecule has 1 aromatic carbocycles. The van der Waals surface area contributed by atoms with Crippen LogP contribution in [-0.2, 0) is 6.54 Å². The third-order valence-corrected chi connectivity index (χ3v) is 3.19. The van der Waals surface area contributed by atoms with Gasteiger partial charge in [0.15, 0.2) is 0 Å². The van der Waals surface area contributed by atoms with Crippen molar-refractivity contribution in [2.24, 2.45) is 0 Å². The molecule has 0 radical (unpaired) electrons. The van der Waals surface area contributed by atoms with Gasteiger partial charge < -0.3 is 15.3 Å². The summed E-state index contributed by atoms with van der Waals surface area (Å²) in [7, 11) is 2.00. The normalized spacial score (nSPS) is 11.7. The smallest absolute Gasteiger partial charge is 0.0606 e. The predicted octanol–water partition coefficient (Wildman–Crippen LogP) is 2.77. The quantitative estimate of drug-likeness (QED) is 0.877. The van der Waals surface area contributed by atoms with E-state index in [1.165, 1.54) is 5.56 Å². The summed E-state index contributed by atoms with van der Waals surface area (Å²) in [6, 6.07) is 6.24.